The molecule has 4 N–H and O–H groups in total. The lowest BCUT2D eigenvalue weighted by Gasteiger charge is -2.31. The molecule has 2 amide bonds. The fourth-order valence-corrected chi connectivity index (χ4v) is 2.39. The van der Waals surface area contributed by atoms with Gasteiger partial charge in [0.05, 0.1) is 36.7 Å². The summed E-state index contributed by atoms with van der Waals surface area (Å²) in [5.74, 6) is -1.55. The minimum Gasteiger partial charge on any atom is -0.479 e. The molecule has 0 saturated carbocycles. The van der Waals surface area contributed by atoms with Crippen LogP contribution in [0, 0.1) is 0 Å². The van der Waals surface area contributed by atoms with Crippen molar-refractivity contribution in [2.45, 2.75) is 18.7 Å². The van der Waals surface area contributed by atoms with E-state index in [0.717, 1.165) is 19.1 Å². The van der Waals surface area contributed by atoms with Gasteiger partial charge in [-0.15, -0.1) is 0 Å². The SMILES string of the molecule is CC(O)(CNC(=O)Nc1cc(C(F)(F)F)ccc1N1CCOCC1)C(=O)O. The van der Waals surface area contributed by atoms with Gasteiger partial charge in [-0.2, -0.15) is 13.2 Å². The van der Waals surface area contributed by atoms with Crippen molar-refractivity contribution in [1.29, 1.82) is 0 Å². The minimum atomic E-state index is -4.59. The van der Waals surface area contributed by atoms with Gasteiger partial charge in [0.2, 0.25) is 0 Å². The zero-order chi connectivity index (χ0) is 20.2. The molecule has 1 aromatic carbocycles. The second kappa shape index (κ2) is 8.01. The van der Waals surface area contributed by atoms with Gasteiger partial charge in [-0.25, -0.2) is 9.59 Å². The largest absolute Gasteiger partial charge is 0.479 e. The summed E-state index contributed by atoms with van der Waals surface area (Å²) in [7, 11) is 0. The number of aliphatic carboxylic acids is 1. The molecule has 1 aliphatic rings. The first-order valence-corrected chi connectivity index (χ1v) is 8.05. The number of rotatable bonds is 5. The van der Waals surface area contributed by atoms with Gasteiger partial charge < -0.3 is 30.5 Å². The molecule has 8 nitrogen and oxygen atoms in total. The van der Waals surface area contributed by atoms with Crippen LogP contribution in [0.2, 0.25) is 0 Å². The first-order valence-electron chi connectivity index (χ1n) is 8.05. The standard InChI is InChI=1S/C16H20F3N3O5/c1-15(26,13(23)24)9-20-14(25)21-11-8-10(16(17,18)19)2-3-12(11)22-4-6-27-7-5-22/h2-3,8,26H,4-7,9H2,1H3,(H,23,24)(H2,20,21,25). The van der Waals surface area contributed by atoms with Crippen molar-refractivity contribution in [1.82, 2.24) is 5.32 Å². The van der Waals surface area contributed by atoms with Gasteiger partial charge in [0.1, 0.15) is 0 Å². The molecule has 1 fully saturated rings. The Balaban J connectivity index is 2.21. The van der Waals surface area contributed by atoms with Gasteiger partial charge in [-0.3, -0.25) is 0 Å². The first kappa shape index (κ1) is 20.8. The fraction of sp³-hybridized carbons (Fsp3) is 0.500. The molecule has 2 rings (SSSR count). The van der Waals surface area contributed by atoms with Crippen LogP contribution in [-0.4, -0.2) is 60.7 Å². The van der Waals surface area contributed by atoms with E-state index in [0.29, 0.717) is 32.0 Å². The zero-order valence-corrected chi connectivity index (χ0v) is 14.5. The number of benzene rings is 1. The predicted molar refractivity (Wildman–Crippen MR) is 89.8 cm³/mol. The number of alkyl halides is 3. The average Bonchev–Trinajstić information content (AvgIpc) is 2.60. The van der Waals surface area contributed by atoms with Gasteiger partial charge in [0.25, 0.3) is 0 Å². The number of carboxylic acids is 1. The summed E-state index contributed by atoms with van der Waals surface area (Å²) >= 11 is 0. The number of aliphatic hydroxyl groups is 1. The topological polar surface area (TPSA) is 111 Å². The van der Waals surface area contributed by atoms with Crippen LogP contribution in [0.5, 0.6) is 0 Å². The van der Waals surface area contributed by atoms with Crippen LogP contribution in [0.1, 0.15) is 12.5 Å². The van der Waals surface area contributed by atoms with Crippen LogP contribution in [0.3, 0.4) is 0 Å². The normalized spacial score (nSPS) is 17.1. The summed E-state index contributed by atoms with van der Waals surface area (Å²) < 4.78 is 44.3. The molecule has 1 heterocycles. The van der Waals surface area contributed by atoms with Gasteiger partial charge in [0.15, 0.2) is 5.60 Å². The molecule has 1 aliphatic heterocycles. The fourth-order valence-electron chi connectivity index (χ4n) is 2.39. The van der Waals surface area contributed by atoms with Crippen molar-refractivity contribution in [2.24, 2.45) is 0 Å². The number of carbonyl (C=O) groups excluding carboxylic acids is 1. The number of hydrogen-bond acceptors (Lipinski definition) is 5. The molecule has 0 aromatic heterocycles. The molecule has 1 aromatic rings. The number of carboxylic acid groups (broad SMARTS) is 1. The van der Waals surface area contributed by atoms with Gasteiger partial charge in [0, 0.05) is 13.1 Å². The number of amides is 2. The highest BCUT2D eigenvalue weighted by molar-refractivity contribution is 5.94. The lowest BCUT2D eigenvalue weighted by atomic mass is 10.1. The Kier molecular flexibility index (Phi) is 6.16. The molecule has 0 bridgehead atoms. The Morgan fingerprint density at radius 1 is 1.26 bits per heavy atom. The molecule has 27 heavy (non-hydrogen) atoms. The molecule has 1 saturated heterocycles. The third-order valence-corrected chi connectivity index (χ3v) is 3.98. The molecule has 150 valence electrons. The number of morpholine rings is 1. The van der Waals surface area contributed by atoms with E-state index in [-0.39, 0.29) is 5.69 Å². The van der Waals surface area contributed by atoms with Crippen molar-refractivity contribution in [2.75, 3.05) is 43.1 Å². The number of urea groups is 1. The van der Waals surface area contributed by atoms with Crippen LogP contribution in [0.25, 0.3) is 0 Å². The van der Waals surface area contributed by atoms with E-state index in [1.54, 1.807) is 4.90 Å². The number of carbonyl (C=O) groups is 2. The predicted octanol–water partition coefficient (Wildman–Crippen LogP) is 1.50. The van der Waals surface area contributed by atoms with Crippen molar-refractivity contribution < 1.29 is 37.7 Å². The van der Waals surface area contributed by atoms with E-state index >= 15 is 0 Å². The van der Waals surface area contributed by atoms with Crippen molar-refractivity contribution in [3.05, 3.63) is 23.8 Å². The number of halogens is 3. The maximum absolute atomic E-state index is 13.0. The minimum absolute atomic E-state index is 0.0841. The second-order valence-electron chi connectivity index (χ2n) is 6.22. The number of nitrogens with zero attached hydrogens (tertiary/aromatic N) is 1. The Morgan fingerprint density at radius 3 is 2.44 bits per heavy atom. The summed E-state index contributed by atoms with van der Waals surface area (Å²) in [4.78, 5) is 24.6. The number of nitrogens with one attached hydrogen (secondary N) is 2. The van der Waals surface area contributed by atoms with Crippen LogP contribution in [0.4, 0.5) is 29.3 Å². The van der Waals surface area contributed by atoms with Crippen LogP contribution >= 0.6 is 0 Å². The lowest BCUT2D eigenvalue weighted by molar-refractivity contribution is -0.155. The Labute approximate surface area is 152 Å². The maximum atomic E-state index is 13.0. The molecule has 11 heteroatoms. The second-order valence-corrected chi connectivity index (χ2v) is 6.22. The highest BCUT2D eigenvalue weighted by Crippen LogP contribution is 2.35. The summed E-state index contributed by atoms with van der Waals surface area (Å²) in [6.07, 6.45) is -4.59. The zero-order valence-electron chi connectivity index (χ0n) is 14.5. The van der Waals surface area contributed by atoms with Crippen LogP contribution < -0.4 is 15.5 Å². The average molecular weight is 391 g/mol. The summed E-state index contributed by atoms with van der Waals surface area (Å²) in [6.45, 7) is 2.03. The molecule has 0 radical (unpaired) electrons. The summed E-state index contributed by atoms with van der Waals surface area (Å²) in [5, 5.41) is 22.9. The highest BCUT2D eigenvalue weighted by atomic mass is 19.4. The molecule has 0 aliphatic carbocycles. The Hall–Kier alpha value is -2.53. The van der Waals surface area contributed by atoms with E-state index in [1.165, 1.54) is 6.07 Å². The smallest absolute Gasteiger partial charge is 0.416 e. The quantitative estimate of drug-likeness (QED) is 0.605. The number of ether oxygens (including phenoxy) is 1. The monoisotopic (exact) mass is 391 g/mol. The number of hydrogen-bond donors (Lipinski definition) is 4. The Bertz CT molecular complexity index is 703. The van der Waals surface area contributed by atoms with E-state index in [2.05, 4.69) is 10.6 Å². The molecule has 0 spiro atoms. The number of anilines is 2. The van der Waals surface area contributed by atoms with E-state index in [1.807, 2.05) is 0 Å². The third-order valence-electron chi connectivity index (χ3n) is 3.98. The molecule has 1 unspecified atom stereocenters. The van der Waals surface area contributed by atoms with E-state index in [4.69, 9.17) is 9.84 Å². The Morgan fingerprint density at radius 2 is 1.89 bits per heavy atom. The van der Waals surface area contributed by atoms with Crippen molar-refractivity contribution in [3.63, 3.8) is 0 Å². The third kappa shape index (κ3) is 5.47. The first-order chi connectivity index (χ1) is 12.5. The molecule has 1 atom stereocenters. The van der Waals surface area contributed by atoms with Crippen molar-refractivity contribution in [3.8, 4) is 0 Å². The van der Waals surface area contributed by atoms with Crippen molar-refractivity contribution >= 4 is 23.4 Å². The van der Waals surface area contributed by atoms with Gasteiger partial charge in [-0.05, 0) is 25.1 Å². The van der Waals surface area contributed by atoms with E-state index in [9.17, 15) is 27.9 Å². The van der Waals surface area contributed by atoms with E-state index < -0.39 is 35.9 Å². The lowest BCUT2D eigenvalue weighted by Crippen LogP contribution is -2.47. The van der Waals surface area contributed by atoms with Gasteiger partial charge >= 0.3 is 18.2 Å². The maximum Gasteiger partial charge on any atom is 0.416 e. The van der Waals surface area contributed by atoms with Crippen LogP contribution in [-0.2, 0) is 15.7 Å². The highest BCUT2D eigenvalue weighted by Gasteiger charge is 2.33. The summed E-state index contributed by atoms with van der Waals surface area (Å²) in [5.41, 5.74) is -2.85. The van der Waals surface area contributed by atoms with Gasteiger partial charge in [-0.1, -0.05) is 0 Å². The van der Waals surface area contributed by atoms with Crippen LogP contribution in [0.15, 0.2) is 18.2 Å². The molecular formula is C16H20F3N3O5. The molecular weight excluding hydrogens is 371 g/mol. The summed E-state index contributed by atoms with van der Waals surface area (Å²) in [6, 6.07) is 2.05.